The van der Waals surface area contributed by atoms with Crippen molar-refractivity contribution in [2.45, 2.75) is 62.6 Å². The first-order valence-corrected chi connectivity index (χ1v) is 10.9. The molecule has 1 spiro atoms. The molecule has 3 aliphatic rings. The number of benzene rings is 1. The van der Waals surface area contributed by atoms with Gasteiger partial charge in [-0.15, -0.1) is 0 Å². The first-order valence-electron chi connectivity index (χ1n) is 10.9. The van der Waals surface area contributed by atoms with Gasteiger partial charge in [0, 0.05) is 18.6 Å². The molecule has 6 heteroatoms. The van der Waals surface area contributed by atoms with Crippen molar-refractivity contribution in [1.82, 2.24) is 14.7 Å². The van der Waals surface area contributed by atoms with Crippen molar-refractivity contribution < 1.29 is 9.59 Å². The van der Waals surface area contributed by atoms with E-state index >= 15 is 0 Å². The zero-order chi connectivity index (χ0) is 20.8. The smallest absolute Gasteiger partial charge is 0.321 e. The van der Waals surface area contributed by atoms with E-state index in [9.17, 15) is 9.59 Å². The lowest BCUT2D eigenvalue weighted by atomic mass is 9.68. The summed E-state index contributed by atoms with van der Waals surface area (Å²) in [5, 5.41) is 0. The van der Waals surface area contributed by atoms with Gasteiger partial charge in [-0.3, -0.25) is 9.69 Å². The molecule has 3 amide bonds. The molecule has 0 aromatic heterocycles. The number of hydrogen-bond acceptors (Lipinski definition) is 3. The standard InChI is InChI=1S/C23H34N4O2/c1-17(20(24)28)26-16-22(27(21(26)29)15-18-9-10-18)11-13-23(14-12-22,25(2)3)19-7-5-4-6-8-19/h4-8,17-18H,9-16H2,1-3H3,(H2,24,28). The Kier molecular flexibility index (Phi) is 5.09. The van der Waals surface area contributed by atoms with Crippen molar-refractivity contribution in [2.75, 3.05) is 27.2 Å². The largest absolute Gasteiger partial charge is 0.368 e. The number of carbonyl (C=O) groups excluding carboxylic acids is 2. The van der Waals surface area contributed by atoms with Gasteiger partial charge in [-0.1, -0.05) is 30.3 Å². The highest BCUT2D eigenvalue weighted by molar-refractivity contribution is 5.87. The second-order valence-corrected chi connectivity index (χ2v) is 9.56. The molecule has 1 aliphatic heterocycles. The second kappa shape index (κ2) is 7.31. The molecule has 2 aliphatic carbocycles. The van der Waals surface area contributed by atoms with E-state index in [2.05, 4.69) is 54.2 Å². The minimum absolute atomic E-state index is 0.000245. The first-order chi connectivity index (χ1) is 13.8. The van der Waals surface area contributed by atoms with Crippen LogP contribution in [-0.4, -0.2) is 65.4 Å². The molecule has 1 saturated heterocycles. The molecule has 1 aromatic rings. The van der Waals surface area contributed by atoms with Gasteiger partial charge in [0.1, 0.15) is 6.04 Å². The van der Waals surface area contributed by atoms with Crippen LogP contribution in [0.2, 0.25) is 0 Å². The van der Waals surface area contributed by atoms with E-state index in [-0.39, 0.29) is 17.1 Å². The maximum atomic E-state index is 13.3. The Morgan fingerprint density at radius 3 is 2.31 bits per heavy atom. The van der Waals surface area contributed by atoms with Crippen molar-refractivity contribution in [2.24, 2.45) is 11.7 Å². The van der Waals surface area contributed by atoms with Gasteiger partial charge in [0.05, 0.1) is 5.54 Å². The summed E-state index contributed by atoms with van der Waals surface area (Å²) < 4.78 is 0. The number of nitrogens with two attached hydrogens (primary N) is 1. The van der Waals surface area contributed by atoms with E-state index in [4.69, 9.17) is 5.73 Å². The number of carbonyl (C=O) groups is 2. The highest BCUT2D eigenvalue weighted by Crippen LogP contribution is 2.50. The zero-order valence-electron chi connectivity index (χ0n) is 17.9. The van der Waals surface area contributed by atoms with E-state index in [0.29, 0.717) is 12.5 Å². The molecule has 0 bridgehead atoms. The fraction of sp³-hybridized carbons (Fsp3) is 0.652. The summed E-state index contributed by atoms with van der Waals surface area (Å²) in [7, 11) is 4.32. The van der Waals surface area contributed by atoms with Crippen LogP contribution in [0.5, 0.6) is 0 Å². The summed E-state index contributed by atoms with van der Waals surface area (Å²) in [6.07, 6.45) is 6.29. The number of primary amides is 1. The molecule has 1 unspecified atom stereocenters. The van der Waals surface area contributed by atoms with Gasteiger partial charge in [-0.05, 0) is 71.0 Å². The summed E-state index contributed by atoms with van der Waals surface area (Å²) in [6, 6.07) is 10.2. The van der Waals surface area contributed by atoms with Gasteiger partial charge in [-0.25, -0.2) is 4.79 Å². The summed E-state index contributed by atoms with van der Waals surface area (Å²) in [5.41, 5.74) is 6.71. The molecule has 29 heavy (non-hydrogen) atoms. The van der Waals surface area contributed by atoms with Crippen LogP contribution >= 0.6 is 0 Å². The fourth-order valence-electron chi connectivity index (χ4n) is 5.41. The Morgan fingerprint density at radius 2 is 1.79 bits per heavy atom. The number of rotatable bonds is 6. The van der Waals surface area contributed by atoms with Crippen LogP contribution in [0.3, 0.4) is 0 Å². The third-order valence-corrected chi connectivity index (χ3v) is 7.71. The molecule has 1 heterocycles. The van der Waals surface area contributed by atoms with Gasteiger partial charge >= 0.3 is 6.03 Å². The van der Waals surface area contributed by atoms with Crippen molar-refractivity contribution in [1.29, 1.82) is 0 Å². The molecule has 3 fully saturated rings. The minimum Gasteiger partial charge on any atom is -0.368 e. The van der Waals surface area contributed by atoms with Crippen molar-refractivity contribution in [3.8, 4) is 0 Å². The molecular weight excluding hydrogens is 364 g/mol. The fourth-order valence-corrected chi connectivity index (χ4v) is 5.41. The Labute approximate surface area is 174 Å². The molecular formula is C23H34N4O2. The Balaban J connectivity index is 1.61. The number of hydrogen-bond donors (Lipinski definition) is 1. The predicted octanol–water partition coefficient (Wildman–Crippen LogP) is 2.78. The van der Waals surface area contributed by atoms with E-state index in [1.165, 1.54) is 18.4 Å². The van der Waals surface area contributed by atoms with Crippen molar-refractivity contribution in [3.63, 3.8) is 0 Å². The zero-order valence-corrected chi connectivity index (χ0v) is 17.9. The monoisotopic (exact) mass is 398 g/mol. The lowest BCUT2D eigenvalue weighted by molar-refractivity contribution is -0.121. The average molecular weight is 399 g/mol. The quantitative estimate of drug-likeness (QED) is 0.801. The lowest BCUT2D eigenvalue weighted by Gasteiger charge is -2.51. The van der Waals surface area contributed by atoms with Gasteiger partial charge < -0.3 is 15.5 Å². The van der Waals surface area contributed by atoms with E-state index < -0.39 is 11.9 Å². The second-order valence-electron chi connectivity index (χ2n) is 9.56. The highest BCUT2D eigenvalue weighted by atomic mass is 16.2. The Hall–Kier alpha value is -2.08. The summed E-state index contributed by atoms with van der Waals surface area (Å²) in [5.74, 6) is 0.193. The average Bonchev–Trinajstić information content (AvgIpc) is 3.50. The van der Waals surface area contributed by atoms with Crippen LogP contribution in [0, 0.1) is 5.92 Å². The summed E-state index contributed by atoms with van der Waals surface area (Å²) in [4.78, 5) is 31.3. The van der Waals surface area contributed by atoms with E-state index in [1.807, 2.05) is 0 Å². The predicted molar refractivity (Wildman–Crippen MR) is 113 cm³/mol. The number of urea groups is 1. The third kappa shape index (κ3) is 3.41. The number of nitrogens with zero attached hydrogens (tertiary/aromatic N) is 3. The SMILES string of the molecule is CC(C(N)=O)N1CC2(CCC(c3ccccc3)(N(C)C)CC2)N(CC2CC2)C1=O. The van der Waals surface area contributed by atoms with E-state index in [0.717, 1.165) is 32.2 Å². The topological polar surface area (TPSA) is 69.9 Å². The van der Waals surface area contributed by atoms with Gasteiger partial charge in [0.2, 0.25) is 5.91 Å². The van der Waals surface area contributed by atoms with Crippen LogP contribution in [0.4, 0.5) is 4.79 Å². The maximum Gasteiger partial charge on any atom is 0.321 e. The molecule has 2 saturated carbocycles. The summed E-state index contributed by atoms with van der Waals surface area (Å²) >= 11 is 0. The van der Waals surface area contributed by atoms with Gasteiger partial charge in [0.15, 0.2) is 0 Å². The highest BCUT2D eigenvalue weighted by Gasteiger charge is 2.56. The van der Waals surface area contributed by atoms with Gasteiger partial charge in [-0.2, -0.15) is 0 Å². The van der Waals surface area contributed by atoms with Crippen LogP contribution < -0.4 is 5.73 Å². The molecule has 6 nitrogen and oxygen atoms in total. The van der Waals surface area contributed by atoms with Crippen LogP contribution in [-0.2, 0) is 10.3 Å². The Bertz CT molecular complexity index is 766. The van der Waals surface area contributed by atoms with E-state index in [1.54, 1.807) is 11.8 Å². The molecule has 1 atom stereocenters. The Morgan fingerprint density at radius 1 is 1.17 bits per heavy atom. The molecule has 158 valence electrons. The molecule has 4 rings (SSSR count). The van der Waals surface area contributed by atoms with Gasteiger partial charge in [0.25, 0.3) is 0 Å². The summed E-state index contributed by atoms with van der Waals surface area (Å²) in [6.45, 7) is 3.19. The van der Waals surface area contributed by atoms with Crippen molar-refractivity contribution in [3.05, 3.63) is 35.9 Å². The molecule has 2 N–H and O–H groups in total. The van der Waals surface area contributed by atoms with Crippen molar-refractivity contribution >= 4 is 11.9 Å². The van der Waals surface area contributed by atoms with Crippen LogP contribution in [0.25, 0.3) is 0 Å². The normalized spacial score (nSPS) is 31.0. The first kappa shape index (κ1) is 20.2. The minimum atomic E-state index is -0.557. The lowest BCUT2D eigenvalue weighted by Crippen LogP contribution is -2.55. The third-order valence-electron chi connectivity index (χ3n) is 7.71. The number of amides is 3. The van der Waals surface area contributed by atoms with Crippen LogP contribution in [0.1, 0.15) is 51.0 Å². The van der Waals surface area contributed by atoms with Crippen LogP contribution in [0.15, 0.2) is 30.3 Å². The molecule has 1 aromatic carbocycles. The maximum absolute atomic E-state index is 13.3. The molecule has 0 radical (unpaired) electrons.